The first kappa shape index (κ1) is 20.6. The van der Waals surface area contributed by atoms with E-state index in [4.69, 9.17) is 23.8 Å². The second kappa shape index (κ2) is 10.4. The van der Waals surface area contributed by atoms with Gasteiger partial charge < -0.3 is 10.6 Å². The van der Waals surface area contributed by atoms with Gasteiger partial charge in [0.15, 0.2) is 5.11 Å². The monoisotopic (exact) mass is 408 g/mol. The van der Waals surface area contributed by atoms with Crippen molar-refractivity contribution in [2.75, 3.05) is 6.54 Å². The molecule has 0 saturated carbocycles. The van der Waals surface area contributed by atoms with Gasteiger partial charge in [-0.05, 0) is 54.2 Å². The minimum absolute atomic E-state index is 0.0763. The number of thiocarbonyl (C=S) groups is 1. The van der Waals surface area contributed by atoms with Gasteiger partial charge in [0.25, 0.3) is 5.91 Å². The van der Waals surface area contributed by atoms with Crippen LogP contribution in [0.25, 0.3) is 0 Å². The van der Waals surface area contributed by atoms with E-state index in [1.54, 1.807) is 36.4 Å². The standard InChI is InChI=1S/C18H18ClFN4O2S/c19-14-5-3-13(4-6-14)17(26)21-10-9-16(25)23-24-18(27)22-11-12-1-7-15(20)8-2-12/h1-8H,9-11H2,(H,21,26)(H,23,25)(H2,22,24,27). The molecule has 0 fully saturated rings. The van der Waals surface area contributed by atoms with E-state index in [0.717, 1.165) is 5.56 Å². The molecule has 0 aliphatic carbocycles. The van der Waals surface area contributed by atoms with Crippen LogP contribution in [0.2, 0.25) is 5.02 Å². The average Bonchev–Trinajstić information content (AvgIpc) is 2.66. The minimum atomic E-state index is -0.336. The van der Waals surface area contributed by atoms with Crippen LogP contribution in [0.5, 0.6) is 0 Å². The van der Waals surface area contributed by atoms with E-state index in [9.17, 15) is 14.0 Å². The maximum absolute atomic E-state index is 12.8. The number of hydrogen-bond acceptors (Lipinski definition) is 3. The summed E-state index contributed by atoms with van der Waals surface area (Å²) in [7, 11) is 0. The number of nitrogens with one attached hydrogen (secondary N) is 4. The summed E-state index contributed by atoms with van der Waals surface area (Å²) in [6.07, 6.45) is 0.0763. The third kappa shape index (κ3) is 7.59. The van der Waals surface area contributed by atoms with Crippen LogP contribution in [0.3, 0.4) is 0 Å². The number of hydrazine groups is 1. The lowest BCUT2D eigenvalue weighted by molar-refractivity contribution is -0.121. The van der Waals surface area contributed by atoms with Crippen LogP contribution >= 0.6 is 23.8 Å². The van der Waals surface area contributed by atoms with Crippen molar-refractivity contribution in [2.24, 2.45) is 0 Å². The highest BCUT2D eigenvalue weighted by molar-refractivity contribution is 7.80. The molecule has 0 aromatic heterocycles. The SMILES string of the molecule is O=C(CCNC(=O)c1ccc(Cl)cc1)NNC(=S)NCc1ccc(F)cc1. The van der Waals surface area contributed by atoms with Crippen LogP contribution in [0.15, 0.2) is 48.5 Å². The number of halogens is 2. The molecule has 0 unspecified atom stereocenters. The third-order valence-corrected chi connectivity index (χ3v) is 3.92. The number of carbonyl (C=O) groups excluding carboxylic acids is 2. The maximum Gasteiger partial charge on any atom is 0.251 e. The number of benzene rings is 2. The lowest BCUT2D eigenvalue weighted by Gasteiger charge is -2.12. The number of carbonyl (C=O) groups is 2. The summed E-state index contributed by atoms with van der Waals surface area (Å²) in [5.74, 6) is -0.934. The first-order chi connectivity index (χ1) is 12.9. The summed E-state index contributed by atoms with van der Waals surface area (Å²) >= 11 is 10.8. The van der Waals surface area contributed by atoms with Gasteiger partial charge in [-0.15, -0.1) is 0 Å². The van der Waals surface area contributed by atoms with Gasteiger partial charge in [-0.3, -0.25) is 20.4 Å². The largest absolute Gasteiger partial charge is 0.357 e. The summed E-state index contributed by atoms with van der Waals surface area (Å²) < 4.78 is 12.8. The fraction of sp³-hybridized carbons (Fsp3) is 0.167. The summed E-state index contributed by atoms with van der Waals surface area (Å²) in [5, 5.41) is 6.28. The van der Waals surface area contributed by atoms with Crippen molar-refractivity contribution in [3.05, 3.63) is 70.5 Å². The summed E-state index contributed by atoms with van der Waals surface area (Å²) in [4.78, 5) is 23.6. The third-order valence-electron chi connectivity index (χ3n) is 3.43. The number of rotatable bonds is 6. The van der Waals surface area contributed by atoms with Gasteiger partial charge in [-0.25, -0.2) is 4.39 Å². The molecule has 0 aliphatic rings. The lowest BCUT2D eigenvalue weighted by Crippen LogP contribution is -2.47. The van der Waals surface area contributed by atoms with E-state index in [1.165, 1.54) is 12.1 Å². The Hall–Kier alpha value is -2.71. The second-order valence-electron chi connectivity index (χ2n) is 5.50. The Kier molecular flexibility index (Phi) is 7.97. The molecule has 0 aliphatic heterocycles. The molecule has 0 radical (unpaired) electrons. The molecule has 4 N–H and O–H groups in total. The van der Waals surface area contributed by atoms with E-state index in [-0.39, 0.29) is 35.7 Å². The minimum Gasteiger partial charge on any atom is -0.357 e. The second-order valence-corrected chi connectivity index (χ2v) is 6.34. The number of hydrogen-bond donors (Lipinski definition) is 4. The maximum atomic E-state index is 12.8. The first-order valence-electron chi connectivity index (χ1n) is 8.05. The molecule has 9 heteroatoms. The van der Waals surface area contributed by atoms with Crippen LogP contribution < -0.4 is 21.5 Å². The highest BCUT2D eigenvalue weighted by Crippen LogP contribution is 2.09. The van der Waals surface area contributed by atoms with Crippen molar-refractivity contribution in [2.45, 2.75) is 13.0 Å². The van der Waals surface area contributed by atoms with Gasteiger partial charge in [0, 0.05) is 30.1 Å². The summed E-state index contributed by atoms with van der Waals surface area (Å²) in [6.45, 7) is 0.559. The first-order valence-corrected chi connectivity index (χ1v) is 8.83. The van der Waals surface area contributed by atoms with Crippen molar-refractivity contribution in [3.8, 4) is 0 Å². The molecule has 0 bridgehead atoms. The normalized spacial score (nSPS) is 10.0. The van der Waals surface area contributed by atoms with E-state index >= 15 is 0 Å². The Morgan fingerprint density at radius 2 is 1.63 bits per heavy atom. The molecular weight excluding hydrogens is 391 g/mol. The van der Waals surface area contributed by atoms with E-state index < -0.39 is 0 Å². The molecule has 0 atom stereocenters. The molecule has 0 saturated heterocycles. The predicted octanol–water partition coefficient (Wildman–Crippen LogP) is 2.29. The Labute approximate surface area is 166 Å². The van der Waals surface area contributed by atoms with Crippen LogP contribution in [0.1, 0.15) is 22.3 Å². The van der Waals surface area contributed by atoms with E-state index in [2.05, 4.69) is 21.5 Å². The van der Waals surface area contributed by atoms with Crippen LogP contribution in [0.4, 0.5) is 4.39 Å². The van der Waals surface area contributed by atoms with Crippen molar-refractivity contribution in [1.82, 2.24) is 21.5 Å². The van der Waals surface area contributed by atoms with Crippen LogP contribution in [-0.4, -0.2) is 23.5 Å². The molecule has 2 rings (SSSR count). The quantitative estimate of drug-likeness (QED) is 0.435. The van der Waals surface area contributed by atoms with Gasteiger partial charge in [0.2, 0.25) is 5.91 Å². The Morgan fingerprint density at radius 1 is 0.963 bits per heavy atom. The molecule has 2 aromatic rings. The molecule has 6 nitrogen and oxygen atoms in total. The fourth-order valence-corrected chi connectivity index (χ4v) is 2.26. The van der Waals surface area contributed by atoms with Crippen molar-refractivity contribution < 1.29 is 14.0 Å². The molecule has 0 heterocycles. The van der Waals surface area contributed by atoms with Gasteiger partial charge in [0.1, 0.15) is 5.82 Å². The van der Waals surface area contributed by atoms with Gasteiger partial charge in [-0.2, -0.15) is 0 Å². The fourth-order valence-electron chi connectivity index (χ4n) is 2.01. The highest BCUT2D eigenvalue weighted by Gasteiger charge is 2.07. The molecule has 142 valence electrons. The molecule has 0 spiro atoms. The topological polar surface area (TPSA) is 82.3 Å². The summed E-state index contributed by atoms with van der Waals surface area (Å²) in [6, 6.07) is 12.4. The molecule has 2 amide bonds. The molecule has 27 heavy (non-hydrogen) atoms. The Bertz CT molecular complexity index is 800. The zero-order valence-electron chi connectivity index (χ0n) is 14.2. The van der Waals surface area contributed by atoms with Crippen molar-refractivity contribution in [3.63, 3.8) is 0 Å². The van der Waals surface area contributed by atoms with Gasteiger partial charge >= 0.3 is 0 Å². The van der Waals surface area contributed by atoms with Gasteiger partial charge in [-0.1, -0.05) is 23.7 Å². The van der Waals surface area contributed by atoms with E-state index in [0.29, 0.717) is 17.1 Å². The molecule has 2 aromatic carbocycles. The zero-order valence-corrected chi connectivity index (χ0v) is 15.8. The average molecular weight is 409 g/mol. The smallest absolute Gasteiger partial charge is 0.251 e. The Balaban J connectivity index is 1.61. The molecular formula is C18H18ClFN4O2S. The predicted molar refractivity (Wildman–Crippen MR) is 106 cm³/mol. The van der Waals surface area contributed by atoms with E-state index in [1.807, 2.05) is 0 Å². The summed E-state index contributed by atoms with van der Waals surface area (Å²) in [5.41, 5.74) is 6.29. The number of amides is 2. The van der Waals surface area contributed by atoms with Crippen LogP contribution in [-0.2, 0) is 11.3 Å². The zero-order chi connectivity index (χ0) is 19.6. The lowest BCUT2D eigenvalue weighted by atomic mass is 10.2. The van der Waals surface area contributed by atoms with Crippen molar-refractivity contribution >= 4 is 40.7 Å². The highest BCUT2D eigenvalue weighted by atomic mass is 35.5. The Morgan fingerprint density at radius 3 is 2.30 bits per heavy atom. The van der Waals surface area contributed by atoms with Crippen LogP contribution in [0, 0.1) is 5.82 Å². The van der Waals surface area contributed by atoms with Crippen molar-refractivity contribution in [1.29, 1.82) is 0 Å². The van der Waals surface area contributed by atoms with Gasteiger partial charge in [0.05, 0.1) is 0 Å².